The second-order valence-electron chi connectivity index (χ2n) is 3.21. The Kier molecular flexibility index (Phi) is 3.58. The molecule has 1 atom stereocenters. The van der Waals surface area contributed by atoms with Gasteiger partial charge in [0.15, 0.2) is 0 Å². The lowest BCUT2D eigenvalue weighted by Crippen LogP contribution is -2.15. The summed E-state index contributed by atoms with van der Waals surface area (Å²) in [5.74, 6) is 0. The van der Waals surface area contributed by atoms with Crippen molar-refractivity contribution in [1.82, 2.24) is 0 Å². The van der Waals surface area contributed by atoms with Gasteiger partial charge in [-0.3, -0.25) is 0 Å². The monoisotopic (exact) mass is 199 g/mol. The first-order valence-electron chi connectivity index (χ1n) is 4.27. The van der Waals surface area contributed by atoms with Crippen molar-refractivity contribution in [1.29, 1.82) is 0 Å². The summed E-state index contributed by atoms with van der Waals surface area (Å²) in [7, 11) is 0. The molecular formula is C10H14ClNO. The summed E-state index contributed by atoms with van der Waals surface area (Å²) in [4.78, 5) is 0. The van der Waals surface area contributed by atoms with Crippen LogP contribution >= 0.6 is 11.6 Å². The number of aryl methyl sites for hydroxylation is 1. The zero-order valence-corrected chi connectivity index (χ0v) is 8.60. The van der Waals surface area contributed by atoms with E-state index in [1.165, 1.54) is 0 Å². The summed E-state index contributed by atoms with van der Waals surface area (Å²) in [5, 5.41) is 12.8. The molecule has 1 aromatic rings. The number of hydrogen-bond donors (Lipinski definition) is 2. The molecule has 0 aromatic heterocycles. The molecule has 0 bridgehead atoms. The summed E-state index contributed by atoms with van der Waals surface area (Å²) in [6.07, 6.45) is -0.364. The van der Waals surface area contributed by atoms with Crippen molar-refractivity contribution in [3.05, 3.63) is 28.8 Å². The van der Waals surface area contributed by atoms with Crippen molar-refractivity contribution >= 4 is 17.3 Å². The lowest BCUT2D eigenvalue weighted by atomic mass is 10.2. The normalized spacial score (nSPS) is 12.6. The third-order valence-corrected chi connectivity index (χ3v) is 2.04. The van der Waals surface area contributed by atoms with Crippen LogP contribution in [0.2, 0.25) is 5.02 Å². The molecule has 0 heterocycles. The Labute approximate surface area is 83.5 Å². The Balaban J connectivity index is 2.70. The predicted molar refractivity (Wildman–Crippen MR) is 56.4 cm³/mol. The van der Waals surface area contributed by atoms with Crippen molar-refractivity contribution in [2.45, 2.75) is 20.0 Å². The minimum atomic E-state index is -0.364. The standard InChI is InChI=1S/C10H14ClNO/c1-7-3-4-9(11)10(5-7)12-6-8(2)13/h3-5,8,12-13H,6H2,1-2H3. The molecule has 0 aliphatic carbocycles. The van der Waals surface area contributed by atoms with Crippen LogP contribution in [-0.4, -0.2) is 17.8 Å². The molecule has 72 valence electrons. The SMILES string of the molecule is Cc1ccc(Cl)c(NCC(C)O)c1. The third-order valence-electron chi connectivity index (χ3n) is 1.71. The zero-order valence-electron chi connectivity index (χ0n) is 7.84. The van der Waals surface area contributed by atoms with Crippen LogP contribution in [-0.2, 0) is 0 Å². The second kappa shape index (κ2) is 4.49. The second-order valence-corrected chi connectivity index (χ2v) is 3.62. The molecule has 2 N–H and O–H groups in total. The van der Waals surface area contributed by atoms with Gasteiger partial charge in [0, 0.05) is 6.54 Å². The van der Waals surface area contributed by atoms with Crippen LogP contribution in [0.5, 0.6) is 0 Å². The van der Waals surface area contributed by atoms with Crippen LogP contribution in [0.15, 0.2) is 18.2 Å². The maximum absolute atomic E-state index is 9.07. The van der Waals surface area contributed by atoms with E-state index >= 15 is 0 Å². The Morgan fingerprint density at radius 1 is 1.54 bits per heavy atom. The number of benzene rings is 1. The van der Waals surface area contributed by atoms with Crippen LogP contribution in [0.4, 0.5) is 5.69 Å². The highest BCUT2D eigenvalue weighted by molar-refractivity contribution is 6.33. The Bertz CT molecular complexity index is 286. The highest BCUT2D eigenvalue weighted by Gasteiger charge is 2.00. The fourth-order valence-corrected chi connectivity index (χ4v) is 1.22. The van der Waals surface area contributed by atoms with Crippen LogP contribution in [0.25, 0.3) is 0 Å². The Morgan fingerprint density at radius 2 is 2.23 bits per heavy atom. The molecule has 0 radical (unpaired) electrons. The van der Waals surface area contributed by atoms with Gasteiger partial charge >= 0.3 is 0 Å². The van der Waals surface area contributed by atoms with Crippen molar-refractivity contribution in [3.8, 4) is 0 Å². The number of aliphatic hydroxyl groups is 1. The van der Waals surface area contributed by atoms with Crippen molar-refractivity contribution in [2.75, 3.05) is 11.9 Å². The first-order valence-corrected chi connectivity index (χ1v) is 4.65. The first-order chi connectivity index (χ1) is 6.09. The molecule has 0 aliphatic heterocycles. The highest BCUT2D eigenvalue weighted by atomic mass is 35.5. The summed E-state index contributed by atoms with van der Waals surface area (Å²) in [5.41, 5.74) is 2.03. The maximum atomic E-state index is 9.07. The fraction of sp³-hybridized carbons (Fsp3) is 0.400. The van der Waals surface area contributed by atoms with E-state index in [-0.39, 0.29) is 6.10 Å². The van der Waals surface area contributed by atoms with Gasteiger partial charge in [-0.2, -0.15) is 0 Å². The third kappa shape index (κ3) is 3.25. The quantitative estimate of drug-likeness (QED) is 0.784. The van der Waals surface area contributed by atoms with Crippen LogP contribution in [0.3, 0.4) is 0 Å². The average Bonchev–Trinajstić information content (AvgIpc) is 2.06. The van der Waals surface area contributed by atoms with Gasteiger partial charge in [-0.05, 0) is 31.5 Å². The van der Waals surface area contributed by atoms with Crippen LogP contribution < -0.4 is 5.32 Å². The van der Waals surface area contributed by atoms with E-state index in [2.05, 4.69) is 5.32 Å². The topological polar surface area (TPSA) is 32.3 Å². The minimum Gasteiger partial charge on any atom is -0.392 e. The fourth-order valence-electron chi connectivity index (χ4n) is 1.03. The van der Waals surface area contributed by atoms with Gasteiger partial charge in [-0.25, -0.2) is 0 Å². The van der Waals surface area contributed by atoms with Gasteiger partial charge in [0.2, 0.25) is 0 Å². The van der Waals surface area contributed by atoms with Crippen LogP contribution in [0, 0.1) is 6.92 Å². The molecule has 0 spiro atoms. The summed E-state index contributed by atoms with van der Waals surface area (Å²) in [6.45, 7) is 4.25. The number of anilines is 1. The maximum Gasteiger partial charge on any atom is 0.0684 e. The van der Waals surface area contributed by atoms with Gasteiger partial charge < -0.3 is 10.4 Å². The number of halogens is 1. The van der Waals surface area contributed by atoms with E-state index in [0.717, 1.165) is 11.3 Å². The number of rotatable bonds is 3. The molecule has 1 unspecified atom stereocenters. The first kappa shape index (κ1) is 10.4. The Hall–Kier alpha value is -0.730. The van der Waals surface area contributed by atoms with Gasteiger partial charge in [-0.15, -0.1) is 0 Å². The summed E-state index contributed by atoms with van der Waals surface area (Å²) >= 11 is 5.94. The van der Waals surface area contributed by atoms with E-state index in [4.69, 9.17) is 16.7 Å². The molecule has 0 fully saturated rings. The van der Waals surface area contributed by atoms with Crippen LogP contribution in [0.1, 0.15) is 12.5 Å². The average molecular weight is 200 g/mol. The zero-order chi connectivity index (χ0) is 9.84. The molecule has 0 saturated carbocycles. The molecular weight excluding hydrogens is 186 g/mol. The summed E-state index contributed by atoms with van der Waals surface area (Å²) in [6, 6.07) is 5.77. The van der Waals surface area contributed by atoms with E-state index in [0.29, 0.717) is 11.6 Å². The smallest absolute Gasteiger partial charge is 0.0684 e. The molecule has 0 aliphatic rings. The number of nitrogens with one attached hydrogen (secondary N) is 1. The van der Waals surface area contributed by atoms with E-state index in [9.17, 15) is 0 Å². The predicted octanol–water partition coefficient (Wildman–Crippen LogP) is 2.44. The van der Waals surface area contributed by atoms with Gasteiger partial charge in [0.05, 0.1) is 16.8 Å². The van der Waals surface area contributed by atoms with E-state index in [1.807, 2.05) is 25.1 Å². The van der Waals surface area contributed by atoms with Gasteiger partial charge in [0.25, 0.3) is 0 Å². The molecule has 1 aromatic carbocycles. The van der Waals surface area contributed by atoms with E-state index in [1.54, 1.807) is 6.92 Å². The van der Waals surface area contributed by atoms with Crippen molar-refractivity contribution < 1.29 is 5.11 Å². The minimum absolute atomic E-state index is 0.364. The van der Waals surface area contributed by atoms with Gasteiger partial charge in [0.1, 0.15) is 0 Å². The molecule has 0 amide bonds. The van der Waals surface area contributed by atoms with Crippen molar-refractivity contribution in [2.24, 2.45) is 0 Å². The molecule has 3 heteroatoms. The van der Waals surface area contributed by atoms with Gasteiger partial charge in [-0.1, -0.05) is 17.7 Å². The number of aliphatic hydroxyl groups excluding tert-OH is 1. The van der Waals surface area contributed by atoms with Crippen molar-refractivity contribution in [3.63, 3.8) is 0 Å². The molecule has 13 heavy (non-hydrogen) atoms. The molecule has 1 rings (SSSR count). The largest absolute Gasteiger partial charge is 0.392 e. The number of hydrogen-bond acceptors (Lipinski definition) is 2. The van der Waals surface area contributed by atoms with E-state index < -0.39 is 0 Å². The molecule has 2 nitrogen and oxygen atoms in total. The molecule has 0 saturated heterocycles. The lowest BCUT2D eigenvalue weighted by Gasteiger charge is -2.10. The Morgan fingerprint density at radius 3 is 2.85 bits per heavy atom. The lowest BCUT2D eigenvalue weighted by molar-refractivity contribution is 0.208. The summed E-state index contributed by atoms with van der Waals surface area (Å²) < 4.78 is 0. The highest BCUT2D eigenvalue weighted by Crippen LogP contribution is 2.22.